The number of rotatable bonds is 8. The van der Waals surface area contributed by atoms with Crippen LogP contribution >= 0.6 is 0 Å². The molecule has 0 unspecified atom stereocenters. The van der Waals surface area contributed by atoms with Gasteiger partial charge in [0.25, 0.3) is 0 Å². The molecule has 0 bridgehead atoms. The van der Waals surface area contributed by atoms with Crippen LogP contribution in [0.3, 0.4) is 0 Å². The first kappa shape index (κ1) is 18.6. The molecule has 0 aromatic heterocycles. The third-order valence-electron chi connectivity index (χ3n) is 3.41. The number of esters is 1. The summed E-state index contributed by atoms with van der Waals surface area (Å²) >= 11 is 0. The average Bonchev–Trinajstić information content (AvgIpc) is 3.38. The van der Waals surface area contributed by atoms with Gasteiger partial charge in [-0.05, 0) is 37.5 Å². The Labute approximate surface area is 146 Å². The van der Waals surface area contributed by atoms with Crippen LogP contribution < -0.4 is 5.43 Å². The lowest BCUT2D eigenvalue weighted by Crippen LogP contribution is -2.30. The third kappa shape index (κ3) is 5.41. The molecule has 1 N–H and O–H groups in total. The minimum Gasteiger partial charge on any atom is -0.461 e. The summed E-state index contributed by atoms with van der Waals surface area (Å²) in [6, 6.07) is 5.68. The van der Waals surface area contributed by atoms with Gasteiger partial charge in [0, 0.05) is 31.9 Å². The zero-order chi connectivity index (χ0) is 18.4. The number of carbonyl (C=O) groups excluding carboxylic acids is 2. The number of allylic oxidation sites excluding steroid dienone is 1. The molecule has 0 saturated heterocycles. The number of ether oxygens (including phenoxy) is 1. The Kier molecular flexibility index (Phi) is 6.27. The molecule has 6 nitrogen and oxygen atoms in total. The molecule has 0 spiro atoms. The number of nitrogens with one attached hydrogen (secondary N) is 1. The van der Waals surface area contributed by atoms with Crippen LogP contribution in [-0.4, -0.2) is 49.1 Å². The van der Waals surface area contributed by atoms with Gasteiger partial charge in [0.1, 0.15) is 5.82 Å². The lowest BCUT2D eigenvalue weighted by molar-refractivity contribution is -0.135. The molecule has 1 aliphatic carbocycles. The first-order valence-corrected chi connectivity index (χ1v) is 8.11. The van der Waals surface area contributed by atoms with Crippen molar-refractivity contribution in [2.24, 2.45) is 5.10 Å². The molecule has 1 saturated carbocycles. The number of carbonyl (C=O) groups is 2. The lowest BCUT2D eigenvalue weighted by Gasteiger charge is -2.13. The van der Waals surface area contributed by atoms with Crippen molar-refractivity contribution >= 4 is 23.0 Å². The first-order chi connectivity index (χ1) is 11.9. The molecule has 134 valence electrons. The van der Waals surface area contributed by atoms with E-state index in [-0.39, 0.29) is 23.9 Å². The Morgan fingerprint density at radius 3 is 2.48 bits per heavy atom. The molecule has 0 radical (unpaired) electrons. The lowest BCUT2D eigenvalue weighted by atomic mass is 9.99. The van der Waals surface area contributed by atoms with Crippen LogP contribution in [-0.2, 0) is 14.3 Å². The van der Waals surface area contributed by atoms with Crippen LogP contribution in [0.4, 0.5) is 4.39 Å². The van der Waals surface area contributed by atoms with Gasteiger partial charge in [0.05, 0.1) is 6.61 Å². The highest BCUT2D eigenvalue weighted by atomic mass is 19.1. The summed E-state index contributed by atoms with van der Waals surface area (Å²) < 4.78 is 18.2. The smallest absolute Gasteiger partial charge is 0.362 e. The normalized spacial score (nSPS) is 14.9. The summed E-state index contributed by atoms with van der Waals surface area (Å²) in [6.45, 7) is 1.79. The molecule has 1 aromatic rings. The monoisotopic (exact) mass is 347 g/mol. The fraction of sp³-hybridized carbons (Fsp3) is 0.389. The van der Waals surface area contributed by atoms with Gasteiger partial charge in [-0.15, -0.1) is 0 Å². The first-order valence-electron chi connectivity index (χ1n) is 8.11. The fourth-order valence-electron chi connectivity index (χ4n) is 2.04. The van der Waals surface area contributed by atoms with E-state index in [1.165, 1.54) is 24.3 Å². The van der Waals surface area contributed by atoms with Crippen molar-refractivity contribution in [3.8, 4) is 0 Å². The molecule has 1 fully saturated rings. The van der Waals surface area contributed by atoms with Crippen molar-refractivity contribution in [3.05, 3.63) is 41.8 Å². The van der Waals surface area contributed by atoms with Crippen molar-refractivity contribution in [2.75, 3.05) is 20.7 Å². The Morgan fingerprint density at radius 2 is 1.96 bits per heavy atom. The van der Waals surface area contributed by atoms with Gasteiger partial charge in [-0.1, -0.05) is 12.1 Å². The van der Waals surface area contributed by atoms with E-state index in [1.54, 1.807) is 32.1 Å². The zero-order valence-electron chi connectivity index (χ0n) is 14.6. The highest BCUT2D eigenvalue weighted by Gasteiger charge is 2.28. The molecule has 25 heavy (non-hydrogen) atoms. The third-order valence-corrected chi connectivity index (χ3v) is 3.41. The van der Waals surface area contributed by atoms with E-state index < -0.39 is 17.6 Å². The highest BCUT2D eigenvalue weighted by Crippen LogP contribution is 2.20. The van der Waals surface area contributed by atoms with Crippen LogP contribution in [0.25, 0.3) is 5.57 Å². The number of benzene rings is 1. The summed E-state index contributed by atoms with van der Waals surface area (Å²) in [4.78, 5) is 26.8. The van der Waals surface area contributed by atoms with Gasteiger partial charge < -0.3 is 15.1 Å². The highest BCUT2D eigenvalue weighted by molar-refractivity contribution is 6.72. The second kappa shape index (κ2) is 8.41. The van der Waals surface area contributed by atoms with E-state index in [2.05, 4.69) is 10.5 Å². The molecule has 0 atom stereocenters. The maximum atomic E-state index is 13.2. The number of hydrazone groups is 1. The van der Waals surface area contributed by atoms with Gasteiger partial charge in [-0.3, -0.25) is 4.79 Å². The predicted octanol–water partition coefficient (Wildman–Crippen LogP) is 1.97. The molecule has 7 heteroatoms. The van der Waals surface area contributed by atoms with E-state index >= 15 is 0 Å². The minimum atomic E-state index is -0.785. The molecular weight excluding hydrogens is 325 g/mol. The van der Waals surface area contributed by atoms with Crippen LogP contribution in [0, 0.1) is 5.82 Å². The van der Waals surface area contributed by atoms with Crippen molar-refractivity contribution < 1.29 is 18.7 Å². The maximum Gasteiger partial charge on any atom is 0.362 e. The molecule has 1 aliphatic rings. The second-order valence-electron chi connectivity index (χ2n) is 5.93. The molecule has 0 amide bonds. The van der Waals surface area contributed by atoms with E-state index in [0.717, 1.165) is 12.8 Å². The van der Waals surface area contributed by atoms with Crippen molar-refractivity contribution in [1.82, 2.24) is 10.3 Å². The van der Waals surface area contributed by atoms with Gasteiger partial charge >= 0.3 is 5.97 Å². The Morgan fingerprint density at radius 1 is 1.32 bits per heavy atom. The van der Waals surface area contributed by atoms with Crippen molar-refractivity contribution in [1.29, 1.82) is 0 Å². The van der Waals surface area contributed by atoms with Crippen LogP contribution in [0.2, 0.25) is 0 Å². The number of halogens is 1. The van der Waals surface area contributed by atoms with E-state index in [9.17, 15) is 14.0 Å². The molecule has 0 aliphatic heterocycles. The van der Waals surface area contributed by atoms with Crippen molar-refractivity contribution in [3.63, 3.8) is 0 Å². The van der Waals surface area contributed by atoms with Gasteiger partial charge in [-0.2, -0.15) is 5.10 Å². The summed E-state index contributed by atoms with van der Waals surface area (Å²) in [5.41, 5.74) is 3.22. The number of hydrogen-bond donors (Lipinski definition) is 1. The molecular formula is C18H22FN3O3. The summed E-state index contributed by atoms with van der Waals surface area (Å²) in [7, 11) is 3.50. The van der Waals surface area contributed by atoms with E-state index in [0.29, 0.717) is 5.56 Å². The minimum absolute atomic E-state index is 0.137. The largest absolute Gasteiger partial charge is 0.461 e. The number of Topliss-reactive ketones (excluding diaryl/α,β-unsaturated/α-hetero) is 1. The van der Waals surface area contributed by atoms with Gasteiger partial charge in [-0.25, -0.2) is 9.18 Å². The summed E-state index contributed by atoms with van der Waals surface area (Å²) in [6.07, 6.45) is 3.47. The van der Waals surface area contributed by atoms with Crippen LogP contribution in [0.5, 0.6) is 0 Å². The van der Waals surface area contributed by atoms with E-state index in [1.807, 2.05) is 0 Å². The zero-order valence-corrected chi connectivity index (χ0v) is 14.6. The predicted molar refractivity (Wildman–Crippen MR) is 93.3 cm³/mol. The van der Waals surface area contributed by atoms with Gasteiger partial charge in [0.15, 0.2) is 0 Å². The Balaban J connectivity index is 2.37. The standard InChI is InChI=1S/C18H22FN3O3/c1-4-25-18(24)16(21-20-14-9-10-14)17(23)15(11-22(2)3)12-5-7-13(19)8-6-12/h5-8,11,14,20H,4,9-10H2,1-3H3. The fourth-order valence-corrected chi connectivity index (χ4v) is 2.04. The number of hydrogen-bond acceptors (Lipinski definition) is 6. The molecule has 1 aromatic carbocycles. The Bertz CT molecular complexity index is 692. The molecule has 2 rings (SSSR count). The number of ketones is 1. The van der Waals surface area contributed by atoms with Crippen LogP contribution in [0.1, 0.15) is 25.3 Å². The van der Waals surface area contributed by atoms with E-state index in [4.69, 9.17) is 4.74 Å². The maximum absolute atomic E-state index is 13.2. The van der Waals surface area contributed by atoms with Gasteiger partial charge in [0.2, 0.25) is 11.5 Å². The Hall–Kier alpha value is -2.70. The topological polar surface area (TPSA) is 71.0 Å². The summed E-state index contributed by atoms with van der Waals surface area (Å²) in [5, 5.41) is 3.98. The molecule has 0 heterocycles. The summed E-state index contributed by atoms with van der Waals surface area (Å²) in [5.74, 6) is -1.77. The number of nitrogens with zero attached hydrogens (tertiary/aromatic N) is 2. The van der Waals surface area contributed by atoms with Crippen LogP contribution in [0.15, 0.2) is 35.6 Å². The van der Waals surface area contributed by atoms with Crippen molar-refractivity contribution in [2.45, 2.75) is 25.8 Å². The quantitative estimate of drug-likeness (QED) is 0.256. The second-order valence-corrected chi connectivity index (χ2v) is 5.93. The average molecular weight is 347 g/mol. The SMILES string of the molecule is CCOC(=O)C(=NNC1CC1)C(=O)C(=CN(C)C)c1ccc(F)cc1.